The fourth-order valence-electron chi connectivity index (χ4n) is 24.9. The molecule has 0 fully saturated rings. The number of aliphatic hydroxyl groups is 2. The maximum Gasteiger partial charge on any atom is 0.218 e. The molecule has 0 aromatic heterocycles. The normalized spacial score (nSPS) is 28.8. The van der Waals surface area contributed by atoms with E-state index in [9.17, 15) is 0 Å². The number of Topliss-reactive ketones (excluding diaryl/α,β-unsaturated/α-hetero) is 2. The van der Waals surface area contributed by atoms with Crippen LogP contribution in [0.2, 0.25) is 0 Å². The number of hydrogen-bond donors (Lipinski definition) is 2. The van der Waals surface area contributed by atoms with Gasteiger partial charge in [0.1, 0.15) is 0 Å². The van der Waals surface area contributed by atoms with Gasteiger partial charge < -0.3 is 10.2 Å². The van der Waals surface area contributed by atoms with Crippen molar-refractivity contribution in [2.75, 3.05) is 0 Å². The van der Waals surface area contributed by atoms with Gasteiger partial charge in [0.25, 0.3) is 0 Å². The number of hydrogen-bond acceptors (Lipinski definition) is 12. The molecule has 0 saturated heterocycles. The van der Waals surface area contributed by atoms with Crippen LogP contribution in [-0.4, -0.2) is 49.8 Å². The van der Waals surface area contributed by atoms with Gasteiger partial charge >= 0.3 is 0 Å². The molecule has 0 saturated carbocycles. The van der Waals surface area contributed by atoms with Crippen LogP contribution in [0.25, 0.3) is 215 Å². The SMILES string of the molecule is CC(C)(C)OO[C@@]12C3=C4[C@@]5(OOC(C)(C)C)c6c1c1c7c2c2c8c9c(c%10c%11c%12c%13c%14c%15c%16c(c5c5c6c6c1c1c%17c7c8c7c8c9c%11c9c%11c%12c%15c%12c%15c%16c5c5c6c1c1c(c%177)c(c89)c(c%11%12)c1c5%15)[C@]%14(O)[C@@]4(O)C(=O)[C@]%10%13OOC(C)(C)C)[C@]2(OOC(C)(C)C)C3=O. The second-order valence-corrected chi connectivity index (χ2v) is 33.4. The number of benzene rings is 15. The summed E-state index contributed by atoms with van der Waals surface area (Å²) >= 11 is 0. The fraction of sp³-hybridized carbons (Fsp3) is 0.289. The molecule has 12 heteroatoms. The van der Waals surface area contributed by atoms with Crippen molar-refractivity contribution in [3.05, 3.63) is 66.8 Å². The van der Waals surface area contributed by atoms with E-state index in [1.807, 2.05) is 83.1 Å². The van der Waals surface area contributed by atoms with E-state index in [0.717, 1.165) is 118 Å². The van der Waals surface area contributed by atoms with Crippen molar-refractivity contribution in [1.29, 1.82) is 0 Å². The zero-order valence-electron chi connectivity index (χ0n) is 49.0. The van der Waals surface area contributed by atoms with Gasteiger partial charge in [0.15, 0.2) is 22.4 Å². The van der Waals surface area contributed by atoms with Crippen LogP contribution in [0.5, 0.6) is 0 Å². The molecule has 21 aromatic rings. The summed E-state index contributed by atoms with van der Waals surface area (Å²) in [4.78, 5) is 97.2. The third kappa shape index (κ3) is 2.73. The van der Waals surface area contributed by atoms with Gasteiger partial charge in [-0.05, 0) is 299 Å². The lowest BCUT2D eigenvalue weighted by Crippen LogP contribution is -2.74. The highest BCUT2D eigenvalue weighted by Crippen LogP contribution is 2.87. The Labute approximate surface area is 489 Å². The van der Waals surface area contributed by atoms with Crippen molar-refractivity contribution >= 4 is 227 Å². The summed E-state index contributed by atoms with van der Waals surface area (Å²) in [5.74, 6) is -1.53. The summed E-state index contributed by atoms with van der Waals surface area (Å²) in [6.45, 7) is 23.0. The molecule has 0 bridgehead atoms. The number of carbonyl (C=O) groups is 2. The number of carbonyl (C=O) groups excluding carboxylic acids is 2. The standard InChI is InChI=1S/C76H38O12/c1-67(2,3)81-85-71-53-43-33-23-18-14-13-15-17-16(14)21-29-25(18)35(33)45-49-39(29)41-31(21)32-22(17)30-28-20(15)27-26-19(13)24(23)34-36(26)46-47-37(27)38(28)48-50-40(30)42(32)52-51(41)61-59(49)72(55(45)53,86-82-68(4,5)6)64-63(71)65(77)73(87-83-69(7,8)9,56(46)54(71)44(34)43)57(47)58(48)74(88-84-70(10,11)12)60(50)62(52)75(61,79)76(64,80)66(74)78/h79-80H,1-12H3/t71-,72+,73-,74-,75+,76-/m0/s1. The van der Waals surface area contributed by atoms with E-state index < -0.39 is 67.6 Å². The van der Waals surface area contributed by atoms with E-state index in [0.29, 0.717) is 55.6 Å². The molecule has 21 aromatic carbocycles. The van der Waals surface area contributed by atoms with Crippen molar-refractivity contribution in [3.8, 4) is 0 Å². The van der Waals surface area contributed by atoms with Gasteiger partial charge in [-0.1, -0.05) is 0 Å². The first-order valence-electron chi connectivity index (χ1n) is 31.4. The molecule has 2 N–H and O–H groups in total. The summed E-state index contributed by atoms with van der Waals surface area (Å²) in [6.07, 6.45) is 0. The molecule has 0 amide bonds. The van der Waals surface area contributed by atoms with Crippen molar-refractivity contribution < 1.29 is 58.9 Å². The monoisotopic (exact) mass is 1140 g/mol. The van der Waals surface area contributed by atoms with Crippen molar-refractivity contribution in [3.63, 3.8) is 0 Å². The summed E-state index contributed by atoms with van der Waals surface area (Å²) < 4.78 is 0. The van der Waals surface area contributed by atoms with Gasteiger partial charge in [0.2, 0.25) is 22.8 Å². The van der Waals surface area contributed by atoms with Crippen LogP contribution < -0.4 is 0 Å². The number of ketones is 2. The summed E-state index contributed by atoms with van der Waals surface area (Å²) in [5, 5.41) is 75.9. The molecule has 88 heavy (non-hydrogen) atoms. The molecule has 12 nitrogen and oxygen atoms in total. The average molecular weight is 1140 g/mol. The molecule has 30 rings (SSSR count). The van der Waals surface area contributed by atoms with Crippen LogP contribution in [0.1, 0.15) is 139 Å². The average Bonchev–Trinajstić information content (AvgIpc) is 1.38. The first kappa shape index (κ1) is 42.2. The second kappa shape index (κ2) is 9.80. The molecule has 414 valence electrons. The van der Waals surface area contributed by atoms with E-state index >= 15 is 19.8 Å². The van der Waals surface area contributed by atoms with E-state index in [-0.39, 0.29) is 11.1 Å². The van der Waals surface area contributed by atoms with Gasteiger partial charge in [-0.3, -0.25) is 9.59 Å². The lowest BCUT2D eigenvalue weighted by Gasteiger charge is -2.60. The maximum absolute atomic E-state index is 19.1. The predicted octanol–water partition coefficient (Wildman–Crippen LogP) is 15.6. The van der Waals surface area contributed by atoms with Crippen LogP contribution in [-0.2, 0) is 76.7 Å². The van der Waals surface area contributed by atoms with Crippen molar-refractivity contribution in [1.82, 2.24) is 0 Å². The topological polar surface area (TPSA) is 148 Å². The Morgan fingerprint density at radius 2 is 0.432 bits per heavy atom. The first-order valence-corrected chi connectivity index (χ1v) is 31.4. The molecule has 9 aliphatic carbocycles. The highest BCUT2D eigenvalue weighted by molar-refractivity contribution is 6.77. The Bertz CT molecular complexity index is 7400. The molecule has 0 heterocycles. The van der Waals surface area contributed by atoms with Gasteiger partial charge in [0, 0.05) is 66.8 Å². The van der Waals surface area contributed by atoms with E-state index in [2.05, 4.69) is 0 Å². The van der Waals surface area contributed by atoms with Gasteiger partial charge in [-0.15, -0.1) is 0 Å². The van der Waals surface area contributed by atoms with Crippen molar-refractivity contribution in [2.45, 2.75) is 139 Å². The third-order valence-corrected chi connectivity index (χ3v) is 25.7. The minimum Gasteiger partial charge on any atom is -0.376 e. The molecule has 9 aliphatic rings. The third-order valence-electron chi connectivity index (χ3n) is 25.7. The quantitative estimate of drug-likeness (QED) is 0.0847. The maximum atomic E-state index is 19.1. The molecule has 6 atom stereocenters. The largest absolute Gasteiger partial charge is 0.376 e. The molecule has 0 radical (unpaired) electrons. The van der Waals surface area contributed by atoms with E-state index in [1.54, 1.807) is 0 Å². The van der Waals surface area contributed by atoms with E-state index in [4.69, 9.17) is 39.1 Å². The summed E-state index contributed by atoms with van der Waals surface area (Å²) in [5.41, 5.74) is -14.0. The predicted molar refractivity (Wildman–Crippen MR) is 334 cm³/mol. The molecular formula is C76H38O12. The van der Waals surface area contributed by atoms with Crippen molar-refractivity contribution in [2.24, 2.45) is 0 Å². The lowest BCUT2D eigenvalue weighted by atomic mass is 9.47. The Hall–Kier alpha value is -7.82. The van der Waals surface area contributed by atoms with E-state index in [1.165, 1.54) is 97.0 Å². The molecular weight excluding hydrogens is 1100 g/mol. The first-order chi connectivity index (χ1) is 41.9. The van der Waals surface area contributed by atoms with Crippen LogP contribution in [0, 0.1) is 0 Å². The van der Waals surface area contributed by atoms with Crippen LogP contribution in [0.3, 0.4) is 0 Å². The minimum atomic E-state index is -3.17. The Kier molecular flexibility index (Phi) is 4.70. The van der Waals surface area contributed by atoms with Crippen LogP contribution in [0.15, 0.2) is 11.1 Å². The molecule has 0 spiro atoms. The Morgan fingerprint density at radius 1 is 0.239 bits per heavy atom. The Morgan fingerprint density at radius 3 is 0.727 bits per heavy atom. The smallest absolute Gasteiger partial charge is 0.218 e. The van der Waals surface area contributed by atoms with Gasteiger partial charge in [0.05, 0.1) is 22.4 Å². The highest BCUT2D eigenvalue weighted by atomic mass is 17.2. The number of rotatable bonds is 8. The highest BCUT2D eigenvalue weighted by Gasteiger charge is 2.87. The Balaban J connectivity index is 1.08. The van der Waals surface area contributed by atoms with Gasteiger partial charge in [-0.25, -0.2) is 39.1 Å². The van der Waals surface area contributed by atoms with Crippen LogP contribution >= 0.6 is 0 Å². The second-order valence-electron chi connectivity index (χ2n) is 33.4. The zero-order chi connectivity index (χ0) is 57.8. The number of fused-ring (bicyclic) bond motifs is 4. The fourth-order valence-corrected chi connectivity index (χ4v) is 24.9. The van der Waals surface area contributed by atoms with Gasteiger partial charge in [-0.2, -0.15) is 0 Å². The summed E-state index contributed by atoms with van der Waals surface area (Å²) in [6, 6.07) is 0. The summed E-state index contributed by atoms with van der Waals surface area (Å²) in [7, 11) is 0. The van der Waals surface area contributed by atoms with Crippen LogP contribution in [0.4, 0.5) is 0 Å². The minimum absolute atomic E-state index is 0.115. The molecule has 0 unspecified atom stereocenters. The molecule has 0 aliphatic heterocycles. The zero-order valence-corrected chi connectivity index (χ0v) is 49.0. The lowest BCUT2D eigenvalue weighted by molar-refractivity contribution is -0.408.